The van der Waals surface area contributed by atoms with Crippen molar-refractivity contribution < 1.29 is 0 Å². The zero-order valence-electron chi connectivity index (χ0n) is 12.2. The third-order valence-corrected chi connectivity index (χ3v) is 2.92. The van der Waals surface area contributed by atoms with E-state index < -0.39 is 0 Å². The molecule has 0 saturated carbocycles. The Kier molecular flexibility index (Phi) is 7.26. The minimum absolute atomic E-state index is 0. The standard InChI is InChI=1S/C12H10.C8H8.H3N/c1-3-7-11(8-4-1)12-9-5-2-6-10-12;1-2-8-6-4-3-5-7-8;/h1-10H;2-7H,1H2;1H3. The molecule has 106 valence electrons. The lowest BCUT2D eigenvalue weighted by atomic mass is 10.1. The molecule has 0 aliphatic heterocycles. The van der Waals surface area contributed by atoms with Gasteiger partial charge in [0.05, 0.1) is 0 Å². The molecule has 0 aromatic heterocycles. The maximum Gasteiger partial charge on any atom is -0.0184 e. The molecule has 1 nitrogen and oxygen atoms in total. The Bertz CT molecular complexity index is 578. The Morgan fingerprint density at radius 1 is 0.524 bits per heavy atom. The van der Waals surface area contributed by atoms with Gasteiger partial charge >= 0.3 is 0 Å². The first kappa shape index (κ1) is 16.4. The fraction of sp³-hybridized carbons (Fsp3) is 0. The van der Waals surface area contributed by atoms with Gasteiger partial charge in [-0.05, 0) is 16.7 Å². The van der Waals surface area contributed by atoms with Crippen LogP contribution in [0.3, 0.4) is 0 Å². The van der Waals surface area contributed by atoms with Crippen molar-refractivity contribution in [2.75, 3.05) is 0 Å². The van der Waals surface area contributed by atoms with Crippen LogP contribution in [0.2, 0.25) is 0 Å². The van der Waals surface area contributed by atoms with Crippen molar-refractivity contribution in [2.45, 2.75) is 0 Å². The maximum atomic E-state index is 3.63. The molecule has 0 unspecified atom stereocenters. The van der Waals surface area contributed by atoms with E-state index in [2.05, 4.69) is 55.1 Å². The topological polar surface area (TPSA) is 35.0 Å². The van der Waals surface area contributed by atoms with E-state index in [0.29, 0.717) is 0 Å². The summed E-state index contributed by atoms with van der Waals surface area (Å²) < 4.78 is 0. The molecule has 0 bridgehead atoms. The van der Waals surface area contributed by atoms with Crippen LogP contribution in [0, 0.1) is 0 Å². The van der Waals surface area contributed by atoms with Crippen LogP contribution >= 0.6 is 0 Å². The molecule has 0 aliphatic rings. The van der Waals surface area contributed by atoms with Crippen LogP contribution in [0.5, 0.6) is 0 Å². The van der Waals surface area contributed by atoms with Crippen LogP contribution in [0.1, 0.15) is 5.56 Å². The summed E-state index contributed by atoms with van der Waals surface area (Å²) >= 11 is 0. The second-order valence-corrected chi connectivity index (χ2v) is 4.35. The molecule has 0 fully saturated rings. The number of rotatable bonds is 2. The molecule has 21 heavy (non-hydrogen) atoms. The van der Waals surface area contributed by atoms with E-state index in [1.54, 1.807) is 0 Å². The third-order valence-electron chi connectivity index (χ3n) is 2.92. The minimum atomic E-state index is 0. The molecule has 0 atom stereocenters. The van der Waals surface area contributed by atoms with Gasteiger partial charge in [-0.2, -0.15) is 0 Å². The highest BCUT2D eigenvalue weighted by Crippen LogP contribution is 2.17. The van der Waals surface area contributed by atoms with Crippen LogP contribution in [-0.2, 0) is 0 Å². The van der Waals surface area contributed by atoms with E-state index in [1.807, 2.05) is 48.5 Å². The first-order valence-corrected chi connectivity index (χ1v) is 6.68. The normalized spacial score (nSPS) is 8.76. The van der Waals surface area contributed by atoms with Gasteiger partial charge < -0.3 is 6.15 Å². The number of benzene rings is 3. The second-order valence-electron chi connectivity index (χ2n) is 4.35. The van der Waals surface area contributed by atoms with E-state index in [-0.39, 0.29) is 6.15 Å². The molecule has 0 aliphatic carbocycles. The summed E-state index contributed by atoms with van der Waals surface area (Å²) in [5.41, 5.74) is 3.73. The van der Waals surface area contributed by atoms with E-state index in [1.165, 1.54) is 16.7 Å². The quantitative estimate of drug-likeness (QED) is 0.626. The number of hydrogen-bond acceptors (Lipinski definition) is 1. The molecule has 0 radical (unpaired) electrons. The fourth-order valence-corrected chi connectivity index (χ4v) is 1.85. The third kappa shape index (κ3) is 5.47. The summed E-state index contributed by atoms with van der Waals surface area (Å²) in [6, 6.07) is 30.8. The van der Waals surface area contributed by atoms with Crippen molar-refractivity contribution in [3.8, 4) is 11.1 Å². The van der Waals surface area contributed by atoms with Crippen molar-refractivity contribution in [3.05, 3.63) is 103 Å². The van der Waals surface area contributed by atoms with Crippen molar-refractivity contribution in [1.82, 2.24) is 6.15 Å². The van der Waals surface area contributed by atoms with Gasteiger partial charge in [0.25, 0.3) is 0 Å². The highest BCUT2D eigenvalue weighted by atomic mass is 14.0. The summed E-state index contributed by atoms with van der Waals surface area (Å²) in [5.74, 6) is 0. The predicted molar refractivity (Wildman–Crippen MR) is 93.4 cm³/mol. The zero-order chi connectivity index (χ0) is 14.0. The van der Waals surface area contributed by atoms with E-state index in [0.717, 1.165) is 0 Å². The van der Waals surface area contributed by atoms with Gasteiger partial charge in [0, 0.05) is 0 Å². The van der Waals surface area contributed by atoms with Crippen LogP contribution in [-0.4, -0.2) is 0 Å². The van der Waals surface area contributed by atoms with Gasteiger partial charge in [-0.15, -0.1) is 0 Å². The SMILES string of the molecule is C=Cc1ccccc1.N.c1ccc(-c2ccccc2)cc1. The van der Waals surface area contributed by atoms with Crippen LogP contribution < -0.4 is 6.15 Å². The van der Waals surface area contributed by atoms with Crippen molar-refractivity contribution in [1.29, 1.82) is 0 Å². The highest BCUT2D eigenvalue weighted by molar-refractivity contribution is 5.62. The maximum absolute atomic E-state index is 3.63. The molecular formula is C20H21N. The van der Waals surface area contributed by atoms with Gasteiger partial charge in [-0.1, -0.05) is 104 Å². The average Bonchev–Trinajstić information content (AvgIpc) is 2.58. The van der Waals surface area contributed by atoms with E-state index in [4.69, 9.17) is 0 Å². The second kappa shape index (κ2) is 9.29. The van der Waals surface area contributed by atoms with Gasteiger partial charge in [-0.3, -0.25) is 0 Å². The lowest BCUT2D eigenvalue weighted by Gasteiger charge is -1.98. The summed E-state index contributed by atoms with van der Waals surface area (Å²) in [6.07, 6.45) is 1.83. The van der Waals surface area contributed by atoms with Gasteiger partial charge in [0.2, 0.25) is 0 Å². The molecule has 0 heterocycles. The Labute approximate surface area is 127 Å². The van der Waals surface area contributed by atoms with Gasteiger partial charge in [0.1, 0.15) is 0 Å². The first-order chi connectivity index (χ1) is 9.90. The lowest BCUT2D eigenvalue weighted by Crippen LogP contribution is -1.73. The van der Waals surface area contributed by atoms with Crippen molar-refractivity contribution >= 4 is 6.08 Å². The molecule has 3 aromatic rings. The fourth-order valence-electron chi connectivity index (χ4n) is 1.85. The molecule has 3 aromatic carbocycles. The Hall–Kier alpha value is -2.64. The highest BCUT2D eigenvalue weighted by Gasteiger charge is 1.91. The van der Waals surface area contributed by atoms with Crippen LogP contribution in [0.4, 0.5) is 0 Å². The van der Waals surface area contributed by atoms with Crippen molar-refractivity contribution in [2.24, 2.45) is 0 Å². The van der Waals surface area contributed by atoms with Crippen LogP contribution in [0.15, 0.2) is 97.6 Å². The predicted octanol–water partition coefficient (Wildman–Crippen LogP) is 5.85. The monoisotopic (exact) mass is 275 g/mol. The van der Waals surface area contributed by atoms with Gasteiger partial charge in [-0.25, -0.2) is 0 Å². The molecule has 0 spiro atoms. The summed E-state index contributed by atoms with van der Waals surface area (Å²) in [4.78, 5) is 0. The Morgan fingerprint density at radius 2 is 0.857 bits per heavy atom. The molecule has 0 saturated heterocycles. The number of hydrogen-bond donors (Lipinski definition) is 1. The van der Waals surface area contributed by atoms with E-state index in [9.17, 15) is 0 Å². The summed E-state index contributed by atoms with van der Waals surface area (Å²) in [7, 11) is 0. The summed E-state index contributed by atoms with van der Waals surface area (Å²) in [5, 5.41) is 0. The minimum Gasteiger partial charge on any atom is -0.344 e. The molecular weight excluding hydrogens is 254 g/mol. The molecule has 3 rings (SSSR count). The molecule has 1 heteroatoms. The van der Waals surface area contributed by atoms with E-state index >= 15 is 0 Å². The molecule has 3 N–H and O–H groups in total. The van der Waals surface area contributed by atoms with Crippen LogP contribution in [0.25, 0.3) is 17.2 Å². The van der Waals surface area contributed by atoms with Crippen molar-refractivity contribution in [3.63, 3.8) is 0 Å². The molecule has 0 amide bonds. The summed E-state index contributed by atoms with van der Waals surface area (Å²) in [6.45, 7) is 3.63. The average molecular weight is 275 g/mol. The first-order valence-electron chi connectivity index (χ1n) is 6.68. The Morgan fingerprint density at radius 3 is 1.14 bits per heavy atom. The largest absolute Gasteiger partial charge is 0.344 e. The smallest absolute Gasteiger partial charge is 0.0184 e. The Balaban J connectivity index is 0.000000216. The van der Waals surface area contributed by atoms with Gasteiger partial charge in [0.15, 0.2) is 0 Å². The lowest BCUT2D eigenvalue weighted by molar-refractivity contribution is 1.62. The zero-order valence-corrected chi connectivity index (χ0v) is 12.2.